The minimum Gasteiger partial charge on any atom is -0.375 e. The van der Waals surface area contributed by atoms with Gasteiger partial charge in [0.15, 0.2) is 0 Å². The molecular formula is C16H28N4O4. The third-order valence-corrected chi connectivity index (χ3v) is 4.75. The molecule has 8 heteroatoms. The van der Waals surface area contributed by atoms with Gasteiger partial charge in [-0.2, -0.15) is 0 Å². The molecule has 2 fully saturated rings. The third kappa shape index (κ3) is 3.80. The van der Waals surface area contributed by atoms with E-state index in [1.165, 1.54) is 12.0 Å². The van der Waals surface area contributed by atoms with Gasteiger partial charge in [0.05, 0.1) is 0 Å². The van der Waals surface area contributed by atoms with E-state index in [4.69, 9.17) is 4.74 Å². The van der Waals surface area contributed by atoms with E-state index in [9.17, 15) is 14.4 Å². The average Bonchev–Trinajstić information content (AvgIpc) is 2.72. The van der Waals surface area contributed by atoms with Crippen LogP contribution in [-0.4, -0.2) is 105 Å². The maximum atomic E-state index is 12.5. The molecule has 0 bridgehead atoms. The predicted octanol–water partition coefficient (Wildman–Crippen LogP) is -0.303. The van der Waals surface area contributed by atoms with E-state index in [0.29, 0.717) is 45.7 Å². The monoisotopic (exact) mass is 340 g/mol. The number of urea groups is 1. The summed E-state index contributed by atoms with van der Waals surface area (Å²) >= 11 is 0. The summed E-state index contributed by atoms with van der Waals surface area (Å²) in [5.74, 6) is -0.00535. The van der Waals surface area contributed by atoms with E-state index in [2.05, 4.69) is 0 Å². The molecule has 24 heavy (non-hydrogen) atoms. The molecule has 136 valence electrons. The summed E-state index contributed by atoms with van der Waals surface area (Å²) in [6.45, 7) is 5.09. The highest BCUT2D eigenvalue weighted by Crippen LogP contribution is 2.35. The van der Waals surface area contributed by atoms with Gasteiger partial charge < -0.3 is 24.3 Å². The number of methoxy groups -OCH3 is 1. The molecule has 0 aliphatic carbocycles. The van der Waals surface area contributed by atoms with Gasteiger partial charge in [-0.25, -0.2) is 4.79 Å². The van der Waals surface area contributed by atoms with Crippen molar-refractivity contribution >= 4 is 17.8 Å². The minimum absolute atomic E-state index is 0.0170. The number of likely N-dealkylation sites (tertiary alicyclic amines) is 1. The molecular weight excluding hydrogens is 312 g/mol. The second kappa shape index (κ2) is 7.38. The summed E-state index contributed by atoms with van der Waals surface area (Å²) in [6.07, 6.45) is 0.370. The smallest absolute Gasteiger partial charge is 0.319 e. The van der Waals surface area contributed by atoms with Gasteiger partial charge in [0.1, 0.15) is 6.61 Å². The molecule has 0 radical (unpaired) electrons. The number of hydrogen-bond acceptors (Lipinski definition) is 4. The van der Waals surface area contributed by atoms with Crippen molar-refractivity contribution in [1.29, 1.82) is 0 Å². The Hall–Kier alpha value is -1.83. The summed E-state index contributed by atoms with van der Waals surface area (Å²) in [5, 5.41) is 0. The number of hydrogen-bond donors (Lipinski definition) is 0. The van der Waals surface area contributed by atoms with Gasteiger partial charge in [-0.3, -0.25) is 9.59 Å². The van der Waals surface area contributed by atoms with Gasteiger partial charge in [0, 0.05) is 72.3 Å². The van der Waals surface area contributed by atoms with Crippen molar-refractivity contribution in [3.63, 3.8) is 0 Å². The van der Waals surface area contributed by atoms with Gasteiger partial charge in [-0.1, -0.05) is 0 Å². The molecule has 2 aliphatic rings. The molecule has 2 aliphatic heterocycles. The van der Waals surface area contributed by atoms with Crippen LogP contribution in [0.15, 0.2) is 0 Å². The minimum atomic E-state index is -0.404. The zero-order chi connectivity index (χ0) is 17.9. The summed E-state index contributed by atoms with van der Waals surface area (Å²) in [5.41, 5.74) is -0.404. The van der Waals surface area contributed by atoms with E-state index in [1.54, 1.807) is 23.9 Å². The second-order valence-electron chi connectivity index (χ2n) is 6.93. The van der Waals surface area contributed by atoms with Crippen LogP contribution in [-0.2, 0) is 14.3 Å². The number of nitrogens with zero attached hydrogens (tertiary/aromatic N) is 4. The fourth-order valence-electron chi connectivity index (χ4n) is 3.61. The van der Waals surface area contributed by atoms with Crippen molar-refractivity contribution in [3.8, 4) is 0 Å². The Morgan fingerprint density at radius 3 is 2.33 bits per heavy atom. The fraction of sp³-hybridized carbons (Fsp3) is 0.812. The van der Waals surface area contributed by atoms with Crippen LogP contribution in [0.5, 0.6) is 0 Å². The third-order valence-electron chi connectivity index (χ3n) is 4.75. The lowest BCUT2D eigenvalue weighted by Crippen LogP contribution is -2.47. The number of ether oxygens (including phenoxy) is 1. The van der Waals surface area contributed by atoms with Crippen molar-refractivity contribution in [3.05, 3.63) is 0 Å². The zero-order valence-corrected chi connectivity index (χ0v) is 15.1. The molecule has 4 amide bonds. The van der Waals surface area contributed by atoms with Crippen LogP contribution < -0.4 is 0 Å². The normalized spacial score (nSPS) is 24.5. The van der Waals surface area contributed by atoms with Crippen LogP contribution >= 0.6 is 0 Å². The lowest BCUT2D eigenvalue weighted by Gasteiger charge is -2.34. The molecule has 0 aromatic carbocycles. The lowest BCUT2D eigenvalue weighted by atomic mass is 9.86. The molecule has 0 saturated carbocycles. The first-order chi connectivity index (χ1) is 11.3. The van der Waals surface area contributed by atoms with Gasteiger partial charge >= 0.3 is 6.03 Å². The average molecular weight is 340 g/mol. The molecule has 2 saturated heterocycles. The lowest BCUT2D eigenvalue weighted by molar-refractivity contribution is -0.136. The molecule has 1 spiro atoms. The number of carbonyl (C=O) groups excluding carboxylic acids is 3. The van der Waals surface area contributed by atoms with Gasteiger partial charge in [0.25, 0.3) is 0 Å². The fourth-order valence-corrected chi connectivity index (χ4v) is 3.61. The van der Waals surface area contributed by atoms with Crippen LogP contribution in [0.25, 0.3) is 0 Å². The first-order valence-electron chi connectivity index (χ1n) is 8.32. The molecule has 0 aromatic heterocycles. The molecule has 0 aromatic rings. The maximum absolute atomic E-state index is 12.5. The highest BCUT2D eigenvalue weighted by atomic mass is 16.5. The van der Waals surface area contributed by atoms with Crippen molar-refractivity contribution in [2.75, 3.05) is 67.1 Å². The Labute approximate surface area is 143 Å². The Kier molecular flexibility index (Phi) is 5.69. The second-order valence-corrected chi connectivity index (χ2v) is 6.93. The van der Waals surface area contributed by atoms with E-state index in [0.717, 1.165) is 0 Å². The van der Waals surface area contributed by atoms with E-state index in [1.807, 2.05) is 11.8 Å². The standard InChI is InChI=1S/C16H28N4O4/c1-5-18-10-16(8-13(18)21)11-19(14(22)9-24-4)6-7-20(12-16)15(23)17(2)3/h5-12H2,1-4H3/t16-/m1/s1. The molecule has 0 unspecified atom stereocenters. The topological polar surface area (TPSA) is 73.4 Å². The van der Waals surface area contributed by atoms with Gasteiger partial charge in [0.2, 0.25) is 11.8 Å². The maximum Gasteiger partial charge on any atom is 0.319 e. The van der Waals surface area contributed by atoms with Crippen LogP contribution in [0.1, 0.15) is 13.3 Å². The summed E-state index contributed by atoms with van der Waals surface area (Å²) in [7, 11) is 4.92. The van der Waals surface area contributed by atoms with Crippen LogP contribution in [0.3, 0.4) is 0 Å². The largest absolute Gasteiger partial charge is 0.375 e. The molecule has 2 rings (SSSR count). The molecule has 8 nitrogen and oxygen atoms in total. The van der Waals surface area contributed by atoms with Crippen LogP contribution in [0, 0.1) is 5.41 Å². The highest BCUT2D eigenvalue weighted by Gasteiger charge is 2.47. The predicted molar refractivity (Wildman–Crippen MR) is 88.4 cm³/mol. The number of amides is 4. The number of carbonyl (C=O) groups is 3. The number of rotatable bonds is 3. The summed E-state index contributed by atoms with van der Waals surface area (Å²) in [6, 6.07) is -0.0854. The van der Waals surface area contributed by atoms with Crippen LogP contribution in [0.4, 0.5) is 4.79 Å². The quantitative estimate of drug-likeness (QED) is 0.707. The van der Waals surface area contributed by atoms with Crippen molar-refractivity contribution < 1.29 is 19.1 Å². The Bertz CT molecular complexity index is 510. The van der Waals surface area contributed by atoms with Crippen LogP contribution in [0.2, 0.25) is 0 Å². The Morgan fingerprint density at radius 2 is 1.79 bits per heavy atom. The molecule has 0 N–H and O–H groups in total. The Balaban J connectivity index is 2.26. The molecule has 1 atom stereocenters. The Morgan fingerprint density at radius 1 is 1.17 bits per heavy atom. The van der Waals surface area contributed by atoms with Crippen molar-refractivity contribution in [2.45, 2.75) is 13.3 Å². The van der Waals surface area contributed by atoms with Gasteiger partial charge in [-0.15, -0.1) is 0 Å². The zero-order valence-electron chi connectivity index (χ0n) is 15.1. The first-order valence-corrected chi connectivity index (χ1v) is 8.32. The summed E-state index contributed by atoms with van der Waals surface area (Å²) < 4.78 is 4.97. The summed E-state index contributed by atoms with van der Waals surface area (Å²) in [4.78, 5) is 43.9. The van der Waals surface area contributed by atoms with E-state index >= 15 is 0 Å². The molecule has 2 heterocycles. The van der Waals surface area contributed by atoms with Gasteiger partial charge in [-0.05, 0) is 6.92 Å². The van der Waals surface area contributed by atoms with Crippen molar-refractivity contribution in [1.82, 2.24) is 19.6 Å². The SMILES string of the molecule is CCN1C[C@]2(CC1=O)CN(C(=O)COC)CCN(C(=O)N(C)C)C2. The van der Waals surface area contributed by atoms with E-state index in [-0.39, 0.29) is 24.5 Å². The van der Waals surface area contributed by atoms with Crippen molar-refractivity contribution in [2.24, 2.45) is 5.41 Å². The van der Waals surface area contributed by atoms with E-state index < -0.39 is 5.41 Å². The highest BCUT2D eigenvalue weighted by molar-refractivity contribution is 5.81. The first kappa shape index (κ1) is 18.5.